The number of aromatic hydroxyl groups is 1. The van der Waals surface area contributed by atoms with E-state index in [2.05, 4.69) is 58.9 Å². The first-order chi connectivity index (χ1) is 12.9. The number of hydrogen-bond donors (Lipinski definition) is 1. The van der Waals surface area contributed by atoms with Crippen LogP contribution in [0.15, 0.2) is 36.4 Å². The van der Waals surface area contributed by atoms with Gasteiger partial charge in [-0.15, -0.1) is 0 Å². The predicted molar refractivity (Wildman–Crippen MR) is 103 cm³/mol. The maximum Gasteiger partial charge on any atom is 0 e. The van der Waals surface area contributed by atoms with Crippen LogP contribution in [0.1, 0.15) is 26.1 Å². The molecule has 0 atom stereocenters. The molecule has 0 saturated heterocycles. The Bertz CT molecular complexity index is 957. The van der Waals surface area contributed by atoms with Gasteiger partial charge in [-0.3, -0.25) is 0 Å². The fourth-order valence-electron chi connectivity index (χ4n) is 2.71. The molecular weight excluding hydrogens is 415 g/mol. The summed E-state index contributed by atoms with van der Waals surface area (Å²) in [6.07, 6.45) is 0. The maximum absolute atomic E-state index is 10.7. The first kappa shape index (κ1) is 28.2. The molecule has 1 aromatic heterocycles. The molecule has 0 radical (unpaired) electrons. The van der Waals surface area contributed by atoms with E-state index >= 15 is 0 Å². The number of hydrogen-bond acceptors (Lipinski definition) is 2. The SMILES string of the molecule is COc1pc(C(C)(C)C)c(O)c2ccc3ccccc3c12.[C-]#[O+].[C-]#[O+].[C-]#[O+].[Cr]. The van der Waals surface area contributed by atoms with Crippen LogP contribution in [-0.2, 0) is 36.7 Å². The van der Waals surface area contributed by atoms with Crippen molar-refractivity contribution in [2.75, 3.05) is 7.11 Å². The summed E-state index contributed by atoms with van der Waals surface area (Å²) in [6.45, 7) is 19.8. The van der Waals surface area contributed by atoms with Crippen LogP contribution in [-0.4, -0.2) is 12.2 Å². The van der Waals surface area contributed by atoms with E-state index in [1.165, 1.54) is 0 Å². The van der Waals surface area contributed by atoms with E-state index in [0.717, 1.165) is 40.5 Å². The Kier molecular flexibility index (Phi) is 13.3. The molecule has 144 valence electrons. The van der Waals surface area contributed by atoms with Gasteiger partial charge in [0.1, 0.15) is 5.75 Å². The molecule has 0 aliphatic carbocycles. The van der Waals surface area contributed by atoms with Crippen molar-refractivity contribution in [1.29, 1.82) is 0 Å². The van der Waals surface area contributed by atoms with Gasteiger partial charge in [-0.2, -0.15) is 0 Å². The summed E-state index contributed by atoms with van der Waals surface area (Å²) in [6, 6.07) is 12.3. The minimum Gasteiger partial charge on any atom is 0 e. The molecule has 2 aromatic carbocycles. The Balaban J connectivity index is 0. The van der Waals surface area contributed by atoms with Crippen LogP contribution in [0.4, 0.5) is 0 Å². The predicted octanol–water partition coefficient (Wildman–Crippen LogP) is 5.47. The van der Waals surface area contributed by atoms with Crippen LogP contribution in [0.25, 0.3) is 21.5 Å². The van der Waals surface area contributed by atoms with Crippen molar-refractivity contribution in [1.82, 2.24) is 0 Å². The monoisotopic (exact) mass is 434 g/mol. The second-order valence-electron chi connectivity index (χ2n) is 6.28. The Morgan fingerprint density at radius 3 is 1.93 bits per heavy atom. The molecule has 0 amide bonds. The van der Waals surface area contributed by atoms with Crippen LogP contribution in [0, 0.1) is 20.0 Å². The van der Waals surface area contributed by atoms with E-state index in [0.29, 0.717) is 5.75 Å². The largest absolute Gasteiger partial charge is 0 e. The molecule has 0 bridgehead atoms. The molecule has 0 fully saturated rings. The van der Waals surface area contributed by atoms with Gasteiger partial charge in [-0.25, -0.2) is 0 Å². The van der Waals surface area contributed by atoms with Gasteiger partial charge in [0.25, 0.3) is 0 Å². The number of benzene rings is 2. The second kappa shape index (κ2) is 13.2. The normalized spacial score (nSPS) is 9.50. The summed E-state index contributed by atoms with van der Waals surface area (Å²) in [7, 11) is 2.65. The van der Waals surface area contributed by atoms with Crippen LogP contribution in [0.3, 0.4) is 0 Å². The van der Waals surface area contributed by atoms with E-state index in [-0.39, 0.29) is 22.8 Å². The Morgan fingerprint density at radius 1 is 0.893 bits per heavy atom. The number of rotatable bonds is 1. The quantitative estimate of drug-likeness (QED) is 0.313. The zero-order valence-corrected chi connectivity index (χ0v) is 18.1. The third-order valence-corrected chi connectivity index (χ3v) is 5.45. The smallest absolute Gasteiger partial charge is 0 e. The zero-order valence-electron chi connectivity index (χ0n) is 15.9. The van der Waals surface area contributed by atoms with Crippen LogP contribution in [0.5, 0.6) is 11.2 Å². The summed E-state index contributed by atoms with van der Waals surface area (Å²) in [5.74, 6) is 0.394. The average Bonchev–Trinajstić information content (AvgIpc) is 2.71. The van der Waals surface area contributed by atoms with Gasteiger partial charge in [0.15, 0.2) is 5.48 Å². The molecule has 7 heteroatoms. The molecule has 0 aliphatic rings. The molecule has 5 nitrogen and oxygen atoms in total. The molecular formula is C21H19CrO5P. The van der Waals surface area contributed by atoms with Gasteiger partial charge in [0.05, 0.1) is 7.11 Å². The van der Waals surface area contributed by atoms with Gasteiger partial charge in [0.2, 0.25) is 0 Å². The third kappa shape index (κ3) is 5.98. The maximum atomic E-state index is 10.7. The third-order valence-electron chi connectivity index (χ3n) is 3.74. The summed E-state index contributed by atoms with van der Waals surface area (Å²) < 4.78 is 28.2. The number of ether oxygens (including phenoxy) is 1. The van der Waals surface area contributed by atoms with Crippen LogP contribution >= 0.6 is 8.19 Å². The van der Waals surface area contributed by atoms with Crippen molar-refractivity contribution < 1.29 is 41.2 Å². The molecule has 0 aliphatic heterocycles. The summed E-state index contributed by atoms with van der Waals surface area (Å²) >= 11 is 0. The Morgan fingerprint density at radius 2 is 1.43 bits per heavy atom. The first-order valence-electron chi connectivity index (χ1n) is 7.63. The second-order valence-corrected chi connectivity index (χ2v) is 7.35. The number of fused-ring (bicyclic) bond motifs is 3. The van der Waals surface area contributed by atoms with E-state index in [1.54, 1.807) is 7.11 Å². The molecule has 0 spiro atoms. The molecule has 0 saturated carbocycles. The van der Waals surface area contributed by atoms with Crippen molar-refractivity contribution in [2.24, 2.45) is 0 Å². The summed E-state index contributed by atoms with van der Waals surface area (Å²) in [5, 5.41) is 15.9. The molecule has 1 N–H and O–H groups in total. The summed E-state index contributed by atoms with van der Waals surface area (Å²) in [4.78, 5) is 0. The van der Waals surface area contributed by atoms with Gasteiger partial charge < -0.3 is 9.84 Å². The Hall–Kier alpha value is -2.04. The standard InChI is InChI=1S/C18H19O2P.3CO.Cr/c1-18(2,3)16-15(19)13-10-9-11-7-5-6-8-12(11)14(13)17(20-4)21-16;3*1-2;/h5-10,19H,1-4H3;;;;. The van der Waals surface area contributed by atoms with E-state index in [1.807, 2.05) is 18.2 Å². The molecule has 3 rings (SSSR count). The van der Waals surface area contributed by atoms with E-state index in [4.69, 9.17) is 18.7 Å². The van der Waals surface area contributed by atoms with Crippen LogP contribution < -0.4 is 4.74 Å². The fraction of sp³-hybridized carbons (Fsp3) is 0.238. The molecule has 1 heterocycles. The van der Waals surface area contributed by atoms with Crippen molar-refractivity contribution in [3.63, 3.8) is 0 Å². The van der Waals surface area contributed by atoms with Crippen molar-refractivity contribution in [3.05, 3.63) is 61.6 Å². The molecule has 3 aromatic rings. The van der Waals surface area contributed by atoms with Gasteiger partial charge in [-0.1, -0.05) is 51.1 Å². The minimum absolute atomic E-state index is 0. The fourth-order valence-corrected chi connectivity index (χ4v) is 3.92. The first-order valence-corrected chi connectivity index (χ1v) is 8.53. The van der Waals surface area contributed by atoms with Crippen molar-refractivity contribution >= 4 is 29.7 Å². The van der Waals surface area contributed by atoms with Crippen molar-refractivity contribution in [3.8, 4) is 11.2 Å². The Labute approximate surface area is 177 Å². The van der Waals surface area contributed by atoms with Crippen LogP contribution in [0.2, 0.25) is 0 Å². The molecule has 0 unspecified atom stereocenters. The average molecular weight is 434 g/mol. The van der Waals surface area contributed by atoms with E-state index < -0.39 is 0 Å². The van der Waals surface area contributed by atoms with Gasteiger partial charge in [-0.05, 0) is 30.4 Å². The number of methoxy groups -OCH3 is 1. The topological polar surface area (TPSA) is 89.2 Å². The molecule has 28 heavy (non-hydrogen) atoms. The minimum atomic E-state index is -0.0985. The van der Waals surface area contributed by atoms with E-state index in [9.17, 15) is 5.11 Å². The summed E-state index contributed by atoms with van der Waals surface area (Å²) in [5.41, 5.74) is 0.809. The van der Waals surface area contributed by atoms with Gasteiger partial charge in [0, 0.05) is 33.4 Å². The zero-order chi connectivity index (χ0) is 21.2. The van der Waals surface area contributed by atoms with Crippen molar-refractivity contribution in [2.45, 2.75) is 26.2 Å². The van der Waals surface area contributed by atoms with Gasteiger partial charge >= 0.3 is 33.9 Å².